The van der Waals surface area contributed by atoms with E-state index in [1.165, 1.54) is 117 Å². The van der Waals surface area contributed by atoms with Crippen LogP contribution in [0.3, 0.4) is 0 Å². The molecule has 2 aliphatic rings. The van der Waals surface area contributed by atoms with Crippen molar-refractivity contribution in [2.45, 2.75) is 78.6 Å². The minimum atomic E-state index is -0.207. The van der Waals surface area contributed by atoms with Gasteiger partial charge in [-0.05, 0) is 139 Å². The van der Waals surface area contributed by atoms with Gasteiger partial charge in [-0.15, -0.1) is 0 Å². The van der Waals surface area contributed by atoms with Gasteiger partial charge in [0.05, 0.1) is 11.4 Å². The van der Waals surface area contributed by atoms with Crippen molar-refractivity contribution >= 4 is 79.2 Å². The fourth-order valence-electron chi connectivity index (χ4n) is 12.1. The van der Waals surface area contributed by atoms with Crippen LogP contribution in [-0.4, -0.2) is 6.71 Å². The van der Waals surface area contributed by atoms with Crippen molar-refractivity contribution in [3.63, 3.8) is 0 Å². The van der Waals surface area contributed by atoms with E-state index in [0.717, 1.165) is 35.8 Å². The van der Waals surface area contributed by atoms with Crippen molar-refractivity contribution in [1.29, 1.82) is 0 Å². The van der Waals surface area contributed by atoms with Gasteiger partial charge in [-0.2, -0.15) is 0 Å². The topological polar surface area (TPSA) is 19.6 Å². The molecule has 0 unspecified atom stereocenters. The Bertz CT molecular complexity index is 3930. The molecule has 370 valence electrons. The highest BCUT2D eigenvalue weighted by Crippen LogP contribution is 2.53. The Balaban J connectivity index is 1.21. The summed E-state index contributed by atoms with van der Waals surface area (Å²) in [4.78, 5) is 5.31. The van der Waals surface area contributed by atoms with Gasteiger partial charge in [0.2, 0.25) is 0 Å². The van der Waals surface area contributed by atoms with E-state index in [-0.39, 0.29) is 17.5 Å². The van der Waals surface area contributed by atoms with Crippen LogP contribution in [0, 0.1) is 0 Å². The molecular formula is C72H63BN2O. The number of unbranched alkanes of at least 4 members (excludes halogenated alkanes) is 1. The molecule has 0 spiro atoms. The first-order chi connectivity index (χ1) is 36.9. The molecule has 2 aliphatic heterocycles. The third-order valence-corrected chi connectivity index (χ3v) is 16.1. The van der Waals surface area contributed by atoms with Gasteiger partial charge in [0.15, 0.2) is 0 Å². The first-order valence-electron chi connectivity index (χ1n) is 27.3. The maximum atomic E-state index is 6.84. The highest BCUT2D eigenvalue weighted by molar-refractivity contribution is 7.00. The standard InChI is InChI=1S/C72H63BN2O/c1-8-9-24-53-39-59-56-33-22-23-34-67(56)76-68(59)46-64(53)74-62-37-35-51(47-25-14-10-15-26-47)40-60(62)73-61-41-52(48-27-16-11-17-28-48)36-38-63(61)75(66-45-55(72(5,6)7)44-65(74)69(66)73)70-57(49-29-18-12-19-30-49)42-54(71(2,3)4)43-58(70)50-31-20-13-21-32-50/h10-23,25-46H,8-9,24H2,1-7H3. The molecule has 0 amide bonds. The number of furan rings is 1. The number of para-hydroxylation sites is 1. The first kappa shape index (κ1) is 47.4. The average Bonchev–Trinajstić information content (AvgIpc) is 3.82. The predicted molar refractivity (Wildman–Crippen MR) is 325 cm³/mol. The van der Waals surface area contributed by atoms with Crippen LogP contribution in [0.5, 0.6) is 0 Å². The van der Waals surface area contributed by atoms with Gasteiger partial charge < -0.3 is 14.2 Å². The lowest BCUT2D eigenvalue weighted by atomic mass is 9.33. The Morgan fingerprint density at radius 3 is 1.39 bits per heavy atom. The molecule has 3 heterocycles. The second kappa shape index (κ2) is 18.5. The maximum Gasteiger partial charge on any atom is 0.252 e. The molecule has 0 N–H and O–H groups in total. The Morgan fingerprint density at radius 1 is 0.395 bits per heavy atom. The summed E-state index contributed by atoms with van der Waals surface area (Å²) in [6.45, 7) is 16.3. The smallest absolute Gasteiger partial charge is 0.252 e. The highest BCUT2D eigenvalue weighted by Gasteiger charge is 2.46. The van der Waals surface area contributed by atoms with E-state index in [2.05, 4.69) is 277 Å². The molecule has 3 nitrogen and oxygen atoms in total. The second-order valence-corrected chi connectivity index (χ2v) is 23.1. The van der Waals surface area contributed by atoms with Crippen molar-refractivity contribution in [1.82, 2.24) is 0 Å². The summed E-state index contributed by atoms with van der Waals surface area (Å²) in [5.74, 6) is 0. The van der Waals surface area contributed by atoms with Crippen LogP contribution in [0.4, 0.5) is 34.1 Å². The van der Waals surface area contributed by atoms with Crippen LogP contribution in [0.25, 0.3) is 66.4 Å². The quantitative estimate of drug-likeness (QED) is 0.134. The van der Waals surface area contributed by atoms with Crippen molar-refractivity contribution in [2.24, 2.45) is 0 Å². The number of nitrogens with zero attached hydrogens (tertiary/aromatic N) is 2. The largest absolute Gasteiger partial charge is 0.456 e. The molecule has 0 atom stereocenters. The van der Waals surface area contributed by atoms with Gasteiger partial charge in [-0.25, -0.2) is 0 Å². The monoisotopic (exact) mass is 983 g/mol. The molecule has 0 bridgehead atoms. The molecule has 4 heteroatoms. The highest BCUT2D eigenvalue weighted by atomic mass is 16.3. The zero-order chi connectivity index (χ0) is 51.9. The molecule has 11 aromatic rings. The summed E-state index contributed by atoms with van der Waals surface area (Å²) >= 11 is 0. The first-order valence-corrected chi connectivity index (χ1v) is 27.3. The van der Waals surface area contributed by atoms with Gasteiger partial charge >= 0.3 is 0 Å². The lowest BCUT2D eigenvalue weighted by Crippen LogP contribution is -2.61. The zero-order valence-electron chi connectivity index (χ0n) is 44.8. The number of aryl methyl sites for hydroxylation is 1. The molecular weight excluding hydrogens is 920 g/mol. The molecule has 13 rings (SSSR count). The third-order valence-electron chi connectivity index (χ3n) is 16.1. The lowest BCUT2D eigenvalue weighted by molar-refractivity contribution is 0.590. The Morgan fingerprint density at radius 2 is 0.868 bits per heavy atom. The van der Waals surface area contributed by atoms with Crippen molar-refractivity contribution in [3.8, 4) is 44.5 Å². The summed E-state index contributed by atoms with van der Waals surface area (Å²) in [5, 5.41) is 2.32. The molecule has 0 fully saturated rings. The van der Waals surface area contributed by atoms with E-state index < -0.39 is 0 Å². The van der Waals surface area contributed by atoms with Crippen molar-refractivity contribution in [3.05, 3.63) is 235 Å². The average molecular weight is 983 g/mol. The molecule has 10 aromatic carbocycles. The minimum absolute atomic E-state index is 0.118. The molecule has 0 saturated carbocycles. The van der Waals surface area contributed by atoms with Gasteiger partial charge in [-0.1, -0.05) is 219 Å². The molecule has 0 radical (unpaired) electrons. The van der Waals surface area contributed by atoms with Crippen LogP contribution in [0.1, 0.15) is 78.0 Å². The molecule has 0 aliphatic carbocycles. The second-order valence-electron chi connectivity index (χ2n) is 23.1. The Hall–Kier alpha value is -8.34. The lowest BCUT2D eigenvalue weighted by Gasteiger charge is -2.46. The van der Waals surface area contributed by atoms with E-state index in [9.17, 15) is 0 Å². The fraction of sp³-hybridized carbons (Fsp3) is 0.167. The third kappa shape index (κ3) is 8.05. The normalized spacial score (nSPS) is 13.0. The molecule has 76 heavy (non-hydrogen) atoms. The minimum Gasteiger partial charge on any atom is -0.456 e. The van der Waals surface area contributed by atoms with Crippen molar-refractivity contribution in [2.75, 3.05) is 9.80 Å². The van der Waals surface area contributed by atoms with Gasteiger partial charge in [-0.3, -0.25) is 0 Å². The van der Waals surface area contributed by atoms with E-state index in [4.69, 9.17) is 4.42 Å². The number of hydrogen-bond donors (Lipinski definition) is 0. The fourth-order valence-corrected chi connectivity index (χ4v) is 12.1. The van der Waals surface area contributed by atoms with E-state index in [1.807, 2.05) is 0 Å². The number of rotatable bonds is 9. The van der Waals surface area contributed by atoms with Crippen LogP contribution < -0.4 is 26.2 Å². The number of anilines is 6. The van der Waals surface area contributed by atoms with Gasteiger partial charge in [0.25, 0.3) is 6.71 Å². The van der Waals surface area contributed by atoms with Crippen molar-refractivity contribution < 1.29 is 4.42 Å². The summed E-state index contributed by atoms with van der Waals surface area (Å²) in [6, 6.07) is 82.0. The molecule has 0 saturated heterocycles. The SMILES string of the molecule is CCCCc1cc2c(cc1N1c3ccc(-c4ccccc4)cc3B3c4cc(-c5ccccc5)ccc4N(c4c(-c5ccccc5)cc(C(C)(C)C)cc4-c4ccccc4)c4cc(C(C)(C)C)cc1c43)oc1ccccc12. The number of hydrogen-bond acceptors (Lipinski definition) is 3. The molecule has 1 aromatic heterocycles. The van der Waals surface area contributed by atoms with E-state index in [0.29, 0.717) is 0 Å². The van der Waals surface area contributed by atoms with Crippen LogP contribution in [0.15, 0.2) is 223 Å². The Kier molecular flexibility index (Phi) is 11.5. The predicted octanol–water partition coefficient (Wildman–Crippen LogP) is 18.3. The van der Waals surface area contributed by atoms with Gasteiger partial charge in [0.1, 0.15) is 11.2 Å². The Labute approximate surface area is 449 Å². The van der Waals surface area contributed by atoms with E-state index >= 15 is 0 Å². The van der Waals surface area contributed by atoms with Gasteiger partial charge in [0, 0.05) is 50.7 Å². The summed E-state index contributed by atoms with van der Waals surface area (Å²) < 4.78 is 6.84. The summed E-state index contributed by atoms with van der Waals surface area (Å²) in [5.41, 5.74) is 25.9. The number of benzene rings is 10. The number of fused-ring (bicyclic) bond motifs is 7. The van der Waals surface area contributed by atoms with Crippen LogP contribution in [0.2, 0.25) is 0 Å². The zero-order valence-corrected chi connectivity index (χ0v) is 44.8. The summed E-state index contributed by atoms with van der Waals surface area (Å²) in [7, 11) is 0. The van der Waals surface area contributed by atoms with E-state index in [1.54, 1.807) is 0 Å². The maximum absolute atomic E-state index is 6.84. The summed E-state index contributed by atoms with van der Waals surface area (Å²) in [6.07, 6.45) is 3.11. The van der Waals surface area contributed by atoms with Crippen LogP contribution >= 0.6 is 0 Å². The van der Waals surface area contributed by atoms with Crippen LogP contribution in [-0.2, 0) is 17.3 Å².